The molecule has 2 heterocycles. The molecule has 2 atom stereocenters. The van der Waals surface area contributed by atoms with E-state index in [2.05, 4.69) is 20.9 Å². The summed E-state index contributed by atoms with van der Waals surface area (Å²) in [6.07, 6.45) is 0. The quantitative estimate of drug-likeness (QED) is 0.666. The Kier molecular flexibility index (Phi) is 5.39. The van der Waals surface area contributed by atoms with Crippen molar-refractivity contribution in [3.8, 4) is 5.75 Å². The van der Waals surface area contributed by atoms with Crippen molar-refractivity contribution < 1.29 is 13.9 Å². The summed E-state index contributed by atoms with van der Waals surface area (Å²) in [5, 5.41) is 11.2. The van der Waals surface area contributed by atoms with Crippen LogP contribution in [0.1, 0.15) is 24.4 Å². The standard InChI is InChI=1S/C20H20FN5O2S/c1-3-28-16-10-4-13(5-11-16)17-18(29-20-24-23-12(2)26(20)25-17)19(27)22-15-8-6-14(21)7-9-15/h4-11,17-18,25H,3H2,1-2H3,(H,22,27)/t17-,18-/m1/s1. The SMILES string of the molecule is CCOc1ccc([C@H]2Nn3c(C)nnc3S[C@H]2C(=O)Nc2ccc(F)cc2)cc1. The summed E-state index contributed by atoms with van der Waals surface area (Å²) in [6.45, 7) is 4.36. The first-order valence-electron chi connectivity index (χ1n) is 9.19. The van der Waals surface area contributed by atoms with Crippen LogP contribution in [0, 0.1) is 12.7 Å². The number of rotatable bonds is 5. The second-order valence-corrected chi connectivity index (χ2v) is 7.62. The van der Waals surface area contributed by atoms with Crippen molar-refractivity contribution in [3.63, 3.8) is 0 Å². The van der Waals surface area contributed by atoms with Gasteiger partial charge in [0.05, 0.1) is 12.6 Å². The van der Waals surface area contributed by atoms with Crippen molar-refractivity contribution in [2.75, 3.05) is 17.3 Å². The minimum absolute atomic E-state index is 0.208. The van der Waals surface area contributed by atoms with Crippen LogP contribution < -0.4 is 15.5 Å². The highest BCUT2D eigenvalue weighted by atomic mass is 32.2. The molecule has 150 valence electrons. The fourth-order valence-electron chi connectivity index (χ4n) is 3.10. The fourth-order valence-corrected chi connectivity index (χ4v) is 4.22. The molecule has 0 spiro atoms. The third-order valence-corrected chi connectivity index (χ3v) is 5.73. The average Bonchev–Trinajstić information content (AvgIpc) is 3.10. The summed E-state index contributed by atoms with van der Waals surface area (Å²) in [6, 6.07) is 13.0. The van der Waals surface area contributed by atoms with Gasteiger partial charge in [0.1, 0.15) is 22.6 Å². The zero-order valence-electron chi connectivity index (χ0n) is 15.9. The Bertz CT molecular complexity index is 1010. The topological polar surface area (TPSA) is 81.1 Å². The molecule has 4 rings (SSSR count). The summed E-state index contributed by atoms with van der Waals surface area (Å²) in [5.41, 5.74) is 4.81. The van der Waals surface area contributed by atoms with Gasteiger partial charge >= 0.3 is 0 Å². The van der Waals surface area contributed by atoms with Gasteiger partial charge in [0, 0.05) is 5.69 Å². The highest BCUT2D eigenvalue weighted by Crippen LogP contribution is 2.37. The Hall–Kier alpha value is -3.07. The fraction of sp³-hybridized carbons (Fsp3) is 0.250. The number of carbonyl (C=O) groups is 1. The van der Waals surface area contributed by atoms with Gasteiger partial charge in [-0.2, -0.15) is 0 Å². The number of nitrogens with one attached hydrogen (secondary N) is 2. The maximum absolute atomic E-state index is 13.2. The molecule has 0 saturated heterocycles. The van der Waals surface area contributed by atoms with Crippen molar-refractivity contribution in [1.82, 2.24) is 14.9 Å². The maximum Gasteiger partial charge on any atom is 0.240 e. The lowest BCUT2D eigenvalue weighted by Gasteiger charge is -2.32. The highest BCUT2D eigenvalue weighted by molar-refractivity contribution is 8.00. The summed E-state index contributed by atoms with van der Waals surface area (Å²) < 4.78 is 20.5. The molecular weight excluding hydrogens is 393 g/mol. The molecule has 7 nitrogen and oxygen atoms in total. The molecule has 2 N–H and O–H groups in total. The molecule has 2 aromatic carbocycles. The van der Waals surface area contributed by atoms with Crippen LogP contribution in [0.4, 0.5) is 10.1 Å². The van der Waals surface area contributed by atoms with E-state index in [1.807, 2.05) is 38.1 Å². The average molecular weight is 413 g/mol. The number of ether oxygens (including phenoxy) is 1. The van der Waals surface area contributed by atoms with Crippen LogP contribution in [-0.4, -0.2) is 32.6 Å². The van der Waals surface area contributed by atoms with Crippen LogP contribution in [0.2, 0.25) is 0 Å². The van der Waals surface area contributed by atoms with E-state index in [-0.39, 0.29) is 17.8 Å². The second-order valence-electron chi connectivity index (χ2n) is 6.51. The molecule has 1 aliphatic rings. The summed E-state index contributed by atoms with van der Waals surface area (Å²) in [7, 11) is 0. The van der Waals surface area contributed by atoms with Crippen molar-refractivity contribution in [2.24, 2.45) is 0 Å². The smallest absolute Gasteiger partial charge is 0.240 e. The number of hydrogen-bond donors (Lipinski definition) is 2. The van der Waals surface area contributed by atoms with Gasteiger partial charge in [-0.1, -0.05) is 23.9 Å². The largest absolute Gasteiger partial charge is 0.494 e. The van der Waals surface area contributed by atoms with Crippen molar-refractivity contribution in [1.29, 1.82) is 0 Å². The van der Waals surface area contributed by atoms with Crippen molar-refractivity contribution in [2.45, 2.75) is 30.3 Å². The van der Waals surface area contributed by atoms with E-state index in [4.69, 9.17) is 4.74 Å². The highest BCUT2D eigenvalue weighted by Gasteiger charge is 2.37. The number of aromatic nitrogens is 3. The minimum atomic E-state index is -0.505. The third kappa shape index (κ3) is 4.04. The first kappa shape index (κ1) is 19.3. The molecule has 0 unspecified atom stereocenters. The van der Waals surface area contributed by atoms with Gasteiger partial charge < -0.3 is 15.5 Å². The molecule has 3 aromatic rings. The number of fused-ring (bicyclic) bond motifs is 1. The van der Waals surface area contributed by atoms with Crippen molar-refractivity contribution in [3.05, 3.63) is 65.7 Å². The Balaban J connectivity index is 1.62. The molecular formula is C20H20FN5O2S. The molecule has 0 fully saturated rings. The van der Waals surface area contributed by atoms with Crippen LogP contribution in [0.25, 0.3) is 0 Å². The van der Waals surface area contributed by atoms with Gasteiger partial charge in [-0.05, 0) is 55.8 Å². The third-order valence-electron chi connectivity index (χ3n) is 4.52. The van der Waals surface area contributed by atoms with E-state index in [9.17, 15) is 9.18 Å². The van der Waals surface area contributed by atoms with E-state index < -0.39 is 5.25 Å². The number of aryl methyl sites for hydroxylation is 1. The Morgan fingerprint density at radius 3 is 2.62 bits per heavy atom. The zero-order valence-corrected chi connectivity index (χ0v) is 16.7. The van der Waals surface area contributed by atoms with Gasteiger partial charge in [0.2, 0.25) is 11.1 Å². The molecule has 0 bridgehead atoms. The first-order chi connectivity index (χ1) is 14.0. The van der Waals surface area contributed by atoms with Crippen LogP contribution >= 0.6 is 11.8 Å². The number of hydrogen-bond acceptors (Lipinski definition) is 6. The molecule has 1 aliphatic heterocycles. The van der Waals surface area contributed by atoms with Crippen LogP contribution in [-0.2, 0) is 4.79 Å². The lowest BCUT2D eigenvalue weighted by molar-refractivity contribution is -0.116. The predicted molar refractivity (Wildman–Crippen MR) is 109 cm³/mol. The molecule has 29 heavy (non-hydrogen) atoms. The molecule has 9 heteroatoms. The lowest BCUT2D eigenvalue weighted by Crippen LogP contribution is -2.41. The van der Waals surface area contributed by atoms with E-state index in [1.54, 1.807) is 4.68 Å². The zero-order chi connectivity index (χ0) is 20.4. The van der Waals surface area contributed by atoms with Crippen LogP contribution in [0.3, 0.4) is 0 Å². The van der Waals surface area contributed by atoms with Crippen LogP contribution in [0.15, 0.2) is 53.7 Å². The van der Waals surface area contributed by atoms with Gasteiger partial charge in [-0.15, -0.1) is 10.2 Å². The van der Waals surface area contributed by atoms with Gasteiger partial charge in [-0.25, -0.2) is 9.07 Å². The van der Waals surface area contributed by atoms with E-state index in [0.717, 1.165) is 11.3 Å². The summed E-state index contributed by atoms with van der Waals surface area (Å²) in [5.74, 6) is 0.918. The van der Waals surface area contributed by atoms with E-state index in [1.165, 1.54) is 36.0 Å². The summed E-state index contributed by atoms with van der Waals surface area (Å²) >= 11 is 1.34. The minimum Gasteiger partial charge on any atom is -0.494 e. The van der Waals surface area contributed by atoms with Gasteiger partial charge in [0.15, 0.2) is 0 Å². The first-order valence-corrected chi connectivity index (χ1v) is 10.1. The molecule has 0 radical (unpaired) electrons. The molecule has 1 amide bonds. The Morgan fingerprint density at radius 1 is 1.21 bits per heavy atom. The normalized spacial score (nSPS) is 17.9. The summed E-state index contributed by atoms with van der Waals surface area (Å²) in [4.78, 5) is 13.1. The van der Waals surface area contributed by atoms with Gasteiger partial charge in [0.25, 0.3) is 0 Å². The number of nitrogens with zero attached hydrogens (tertiary/aromatic N) is 3. The molecule has 0 saturated carbocycles. The van der Waals surface area contributed by atoms with Crippen LogP contribution in [0.5, 0.6) is 5.75 Å². The number of carbonyl (C=O) groups excluding carboxylic acids is 1. The molecule has 1 aromatic heterocycles. The van der Waals surface area contributed by atoms with Crippen molar-refractivity contribution >= 4 is 23.4 Å². The number of amides is 1. The van der Waals surface area contributed by atoms with Gasteiger partial charge in [-0.3, -0.25) is 4.79 Å². The lowest BCUT2D eigenvalue weighted by atomic mass is 10.0. The monoisotopic (exact) mass is 413 g/mol. The molecule has 0 aliphatic carbocycles. The Morgan fingerprint density at radius 2 is 1.93 bits per heavy atom. The number of benzene rings is 2. The van der Waals surface area contributed by atoms with E-state index >= 15 is 0 Å². The number of halogens is 1. The van der Waals surface area contributed by atoms with E-state index in [0.29, 0.717) is 23.3 Å². The number of thioether (sulfide) groups is 1. The maximum atomic E-state index is 13.2. The number of anilines is 1. The Labute approximate surface area is 171 Å². The second kappa shape index (κ2) is 8.12. The predicted octanol–water partition coefficient (Wildman–Crippen LogP) is 3.52.